The number of fused-ring (bicyclic) bond motifs is 1. The van der Waals surface area contributed by atoms with E-state index in [0.717, 1.165) is 45.5 Å². The van der Waals surface area contributed by atoms with Gasteiger partial charge in [0, 0.05) is 64.3 Å². The van der Waals surface area contributed by atoms with Crippen LogP contribution in [0.3, 0.4) is 0 Å². The Balaban J connectivity index is 2.71. The summed E-state index contributed by atoms with van der Waals surface area (Å²) in [5.41, 5.74) is 1.48. The lowest BCUT2D eigenvalue weighted by atomic mass is 10.0. The second kappa shape index (κ2) is 12.5. The summed E-state index contributed by atoms with van der Waals surface area (Å²) in [7, 11) is 1.83. The van der Waals surface area contributed by atoms with Crippen LogP contribution in [0.2, 0.25) is 0 Å². The Morgan fingerprint density at radius 1 is 0.833 bits per heavy atom. The first-order valence-electron chi connectivity index (χ1n) is 11.0. The second-order valence-electron chi connectivity index (χ2n) is 7.91. The summed E-state index contributed by atoms with van der Waals surface area (Å²) in [5, 5.41) is 0.798. The number of hydrogen-bond donors (Lipinski definition) is 0. The van der Waals surface area contributed by atoms with Crippen LogP contribution in [0.25, 0.3) is 17.0 Å². The molecule has 0 aliphatic rings. The molecule has 0 unspecified atom stereocenters. The van der Waals surface area contributed by atoms with Gasteiger partial charge in [0.25, 0.3) is 0 Å². The van der Waals surface area contributed by atoms with Gasteiger partial charge in [0.15, 0.2) is 24.1 Å². The number of rotatable bonds is 10. The van der Waals surface area contributed by atoms with Gasteiger partial charge in [0.05, 0.1) is 0 Å². The highest BCUT2D eigenvalue weighted by Gasteiger charge is 2.41. The summed E-state index contributed by atoms with van der Waals surface area (Å²) >= 11 is 0. The Kier molecular flexibility index (Phi) is 9.77. The molecule has 36 heavy (non-hydrogen) atoms. The van der Waals surface area contributed by atoms with Crippen LogP contribution in [0.15, 0.2) is 36.2 Å². The minimum absolute atomic E-state index is 0.194. The quantitative estimate of drug-likeness (QED) is 0.270. The minimum atomic E-state index is -1.55. The molecule has 2 rings (SSSR count). The molecule has 0 saturated carbocycles. The van der Waals surface area contributed by atoms with Crippen molar-refractivity contribution in [1.82, 2.24) is 4.57 Å². The zero-order chi connectivity index (χ0) is 27.0. The number of aromatic nitrogens is 1. The first-order valence-corrected chi connectivity index (χ1v) is 11.0. The van der Waals surface area contributed by atoms with Gasteiger partial charge in [0.1, 0.15) is 6.61 Å². The number of carbonyl (C=O) groups excluding carboxylic acids is 5. The van der Waals surface area contributed by atoms with E-state index in [4.69, 9.17) is 23.7 Å². The number of para-hydroxylation sites is 1. The molecule has 0 bridgehead atoms. The normalized spacial score (nSPS) is 13.8. The van der Waals surface area contributed by atoms with Crippen molar-refractivity contribution in [2.75, 3.05) is 6.61 Å². The molecule has 11 heteroatoms. The maximum atomic E-state index is 12.1. The number of esters is 5. The van der Waals surface area contributed by atoms with E-state index in [2.05, 4.69) is 0 Å². The molecule has 0 amide bonds. The molecule has 11 nitrogen and oxygen atoms in total. The van der Waals surface area contributed by atoms with Gasteiger partial charge < -0.3 is 28.3 Å². The maximum absolute atomic E-state index is 12.1. The monoisotopic (exact) mass is 503 g/mol. The average molecular weight is 504 g/mol. The molecule has 2 aromatic rings. The molecule has 194 valence electrons. The van der Waals surface area contributed by atoms with Gasteiger partial charge in [-0.2, -0.15) is 0 Å². The van der Waals surface area contributed by atoms with E-state index in [0.29, 0.717) is 5.56 Å². The summed E-state index contributed by atoms with van der Waals surface area (Å²) in [6.07, 6.45) is -1.25. The van der Waals surface area contributed by atoms with Gasteiger partial charge in [-0.25, -0.2) is 0 Å². The van der Waals surface area contributed by atoms with Crippen LogP contribution in [0.5, 0.6) is 0 Å². The van der Waals surface area contributed by atoms with E-state index in [1.165, 1.54) is 6.08 Å². The zero-order valence-corrected chi connectivity index (χ0v) is 20.9. The van der Waals surface area contributed by atoms with Gasteiger partial charge >= 0.3 is 29.8 Å². The predicted molar refractivity (Wildman–Crippen MR) is 126 cm³/mol. The van der Waals surface area contributed by atoms with Crippen LogP contribution in [-0.2, 0) is 54.7 Å². The smallest absolute Gasteiger partial charge is 0.307 e. The molecule has 0 aliphatic heterocycles. The van der Waals surface area contributed by atoms with Gasteiger partial charge in [-0.15, -0.1) is 0 Å². The third kappa shape index (κ3) is 7.97. The topological polar surface area (TPSA) is 136 Å². The van der Waals surface area contributed by atoms with Crippen LogP contribution >= 0.6 is 0 Å². The molecule has 0 radical (unpaired) electrons. The molecule has 1 aromatic heterocycles. The van der Waals surface area contributed by atoms with Gasteiger partial charge in [-0.1, -0.05) is 18.2 Å². The molecule has 0 spiro atoms. The fourth-order valence-electron chi connectivity index (χ4n) is 3.58. The fourth-order valence-corrected chi connectivity index (χ4v) is 3.58. The van der Waals surface area contributed by atoms with Crippen molar-refractivity contribution >= 4 is 46.8 Å². The van der Waals surface area contributed by atoms with Crippen LogP contribution in [0.1, 0.15) is 40.2 Å². The van der Waals surface area contributed by atoms with Crippen molar-refractivity contribution in [3.05, 3.63) is 41.8 Å². The Hall–Kier alpha value is -4.15. The first kappa shape index (κ1) is 28.1. The van der Waals surface area contributed by atoms with Crippen molar-refractivity contribution in [2.45, 2.75) is 52.9 Å². The SMILES string of the molecule is CC(=O)OC[C@H](OC(C)=O)[C@@H](OC(C)=O)[C@@H](OC(C)=O)/C(=C/c1cn(C)c2ccccc12)OC(C)=O. The first-order chi connectivity index (χ1) is 16.9. The summed E-state index contributed by atoms with van der Waals surface area (Å²) in [5.74, 6) is -4.03. The highest BCUT2D eigenvalue weighted by molar-refractivity contribution is 5.90. The second-order valence-corrected chi connectivity index (χ2v) is 7.91. The summed E-state index contributed by atoms with van der Waals surface area (Å²) in [6.45, 7) is 5.06. The number of benzene rings is 1. The van der Waals surface area contributed by atoms with Crippen molar-refractivity contribution in [1.29, 1.82) is 0 Å². The number of nitrogens with zero attached hydrogens (tertiary/aromatic N) is 1. The van der Waals surface area contributed by atoms with Crippen molar-refractivity contribution in [2.24, 2.45) is 7.05 Å². The number of hydrogen-bond acceptors (Lipinski definition) is 10. The van der Waals surface area contributed by atoms with Crippen LogP contribution in [-0.4, -0.2) is 59.3 Å². The lowest BCUT2D eigenvalue weighted by Crippen LogP contribution is -2.48. The Morgan fingerprint density at radius 3 is 2.00 bits per heavy atom. The Bertz CT molecular complexity index is 1180. The third-order valence-corrected chi connectivity index (χ3v) is 4.80. The molecular weight excluding hydrogens is 474 g/mol. The van der Waals surface area contributed by atoms with Crippen molar-refractivity contribution in [3.8, 4) is 0 Å². The van der Waals surface area contributed by atoms with E-state index in [1.807, 2.05) is 35.9 Å². The van der Waals surface area contributed by atoms with Crippen molar-refractivity contribution in [3.63, 3.8) is 0 Å². The zero-order valence-electron chi connectivity index (χ0n) is 20.9. The standard InChI is InChI=1S/C25H29NO10/c1-14(27)32-13-23(34-16(3)29)25(36-18(5)31)24(35-17(4)30)22(33-15(2)28)11-19-12-26(6)21-10-8-7-9-20(19)21/h7-12,23-25H,13H2,1-6H3/b22-11-/t23-,24-,25+/m0/s1. The lowest BCUT2D eigenvalue weighted by molar-refractivity contribution is -0.189. The molecule has 0 aliphatic carbocycles. The molecule has 0 N–H and O–H groups in total. The summed E-state index contributed by atoms with van der Waals surface area (Å²) in [6, 6.07) is 7.42. The van der Waals surface area contributed by atoms with E-state index in [1.54, 1.807) is 6.20 Å². The van der Waals surface area contributed by atoms with Gasteiger partial charge in [-0.3, -0.25) is 24.0 Å². The van der Waals surface area contributed by atoms with Crippen LogP contribution in [0, 0.1) is 0 Å². The summed E-state index contributed by atoms with van der Waals surface area (Å²) in [4.78, 5) is 59.4. The van der Waals surface area contributed by atoms with Gasteiger partial charge in [0.2, 0.25) is 0 Å². The third-order valence-electron chi connectivity index (χ3n) is 4.80. The van der Waals surface area contributed by atoms with E-state index < -0.39 is 54.8 Å². The molecule has 3 atom stereocenters. The van der Waals surface area contributed by atoms with Crippen molar-refractivity contribution < 1.29 is 47.7 Å². The molecule has 0 fully saturated rings. The largest absolute Gasteiger partial charge is 0.462 e. The number of carbonyl (C=O) groups is 5. The maximum Gasteiger partial charge on any atom is 0.307 e. The Labute approximate surface area is 207 Å². The molecule has 0 saturated heterocycles. The predicted octanol–water partition coefficient (Wildman–Crippen LogP) is 2.44. The van der Waals surface area contributed by atoms with E-state index in [-0.39, 0.29) is 5.76 Å². The minimum Gasteiger partial charge on any atom is -0.462 e. The fraction of sp³-hybridized carbons (Fsp3) is 0.400. The molecule has 1 aromatic carbocycles. The van der Waals surface area contributed by atoms with Crippen LogP contribution < -0.4 is 0 Å². The highest BCUT2D eigenvalue weighted by Crippen LogP contribution is 2.28. The summed E-state index contributed by atoms with van der Waals surface area (Å²) < 4.78 is 28.3. The van der Waals surface area contributed by atoms with E-state index in [9.17, 15) is 24.0 Å². The number of aryl methyl sites for hydroxylation is 1. The lowest BCUT2D eigenvalue weighted by Gasteiger charge is -2.32. The highest BCUT2D eigenvalue weighted by atomic mass is 16.6. The molecule has 1 heterocycles. The average Bonchev–Trinajstić information content (AvgIpc) is 3.08. The van der Waals surface area contributed by atoms with E-state index >= 15 is 0 Å². The Morgan fingerprint density at radius 2 is 1.44 bits per heavy atom. The number of ether oxygens (including phenoxy) is 5. The van der Waals surface area contributed by atoms with Gasteiger partial charge in [-0.05, 0) is 12.1 Å². The molecular formula is C25H29NO10. The van der Waals surface area contributed by atoms with Crippen LogP contribution in [0.4, 0.5) is 0 Å².